The molecule has 226 valence electrons. The fourth-order valence-electron chi connectivity index (χ4n) is 6.78. The van der Waals surface area contributed by atoms with Gasteiger partial charge in [0.15, 0.2) is 0 Å². The number of fused-ring (bicyclic) bond motifs is 6. The summed E-state index contributed by atoms with van der Waals surface area (Å²) in [5, 5.41) is 4.16. The lowest BCUT2D eigenvalue weighted by Gasteiger charge is -2.24. The van der Waals surface area contributed by atoms with E-state index in [1.54, 1.807) is 4.90 Å². The Balaban J connectivity index is 1.08. The minimum atomic E-state index is -0.398. The normalized spacial score (nSPS) is 20.4. The van der Waals surface area contributed by atoms with Crippen LogP contribution in [0.2, 0.25) is 0 Å². The molecule has 3 aliphatic heterocycles. The highest BCUT2D eigenvalue weighted by Gasteiger charge is 2.41. The van der Waals surface area contributed by atoms with Crippen LogP contribution in [0.5, 0.6) is 5.75 Å². The first-order valence-electron chi connectivity index (χ1n) is 15.4. The van der Waals surface area contributed by atoms with Crippen LogP contribution in [0.25, 0.3) is 10.9 Å². The van der Waals surface area contributed by atoms with Crippen LogP contribution in [-0.2, 0) is 34.0 Å². The number of likely N-dealkylation sites (tertiary alicyclic amines) is 1. The largest absolute Gasteiger partial charge is 0.492 e. The van der Waals surface area contributed by atoms with Gasteiger partial charge in [0.05, 0.1) is 32.1 Å². The molecule has 1 aromatic heterocycles. The molecule has 9 nitrogen and oxygen atoms in total. The summed E-state index contributed by atoms with van der Waals surface area (Å²) in [5.74, 6) is 0.00522. The first-order valence-corrected chi connectivity index (χ1v) is 15.4. The van der Waals surface area contributed by atoms with Crippen molar-refractivity contribution in [3.05, 3.63) is 101 Å². The molecule has 0 radical (unpaired) electrons. The van der Waals surface area contributed by atoms with Crippen LogP contribution >= 0.6 is 0 Å². The molecule has 7 rings (SSSR count). The van der Waals surface area contributed by atoms with E-state index in [0.717, 1.165) is 33.2 Å². The maximum Gasteiger partial charge on any atom is 0.254 e. The Morgan fingerprint density at radius 3 is 2.70 bits per heavy atom. The minimum absolute atomic E-state index is 0.0216. The molecule has 1 fully saturated rings. The topological polar surface area (TPSA) is 104 Å². The molecule has 3 aromatic carbocycles. The van der Waals surface area contributed by atoms with Crippen LogP contribution in [0.4, 0.5) is 0 Å². The predicted molar refractivity (Wildman–Crippen MR) is 165 cm³/mol. The van der Waals surface area contributed by atoms with Gasteiger partial charge in [-0.15, -0.1) is 0 Å². The van der Waals surface area contributed by atoms with E-state index in [4.69, 9.17) is 9.47 Å². The number of carbonyl (C=O) groups is 3. The second-order valence-corrected chi connectivity index (χ2v) is 11.8. The van der Waals surface area contributed by atoms with Crippen LogP contribution in [0, 0.1) is 5.92 Å². The Bertz CT molecular complexity index is 1710. The zero-order valence-corrected chi connectivity index (χ0v) is 24.6. The van der Waals surface area contributed by atoms with Gasteiger partial charge < -0.3 is 29.6 Å². The lowest BCUT2D eigenvalue weighted by atomic mass is 9.88. The fourth-order valence-corrected chi connectivity index (χ4v) is 6.78. The van der Waals surface area contributed by atoms with Gasteiger partial charge in [-0.2, -0.15) is 0 Å². The van der Waals surface area contributed by atoms with Crippen molar-refractivity contribution in [2.75, 3.05) is 39.3 Å². The van der Waals surface area contributed by atoms with E-state index >= 15 is 0 Å². The summed E-state index contributed by atoms with van der Waals surface area (Å²) in [6.07, 6.45) is 2.81. The van der Waals surface area contributed by atoms with Crippen LogP contribution in [0.1, 0.15) is 45.0 Å². The highest BCUT2D eigenvalue weighted by atomic mass is 16.5. The second kappa shape index (κ2) is 12.2. The maximum absolute atomic E-state index is 13.8. The van der Waals surface area contributed by atoms with Gasteiger partial charge in [-0.1, -0.05) is 42.5 Å². The molecular weight excluding hydrogens is 556 g/mol. The summed E-state index contributed by atoms with van der Waals surface area (Å²) in [5.41, 5.74) is 5.58. The summed E-state index contributed by atoms with van der Waals surface area (Å²) < 4.78 is 11.8. The zero-order valence-electron chi connectivity index (χ0n) is 24.6. The van der Waals surface area contributed by atoms with Crippen molar-refractivity contribution in [3.8, 4) is 5.75 Å². The smallest absolute Gasteiger partial charge is 0.254 e. The molecule has 9 heteroatoms. The Morgan fingerprint density at radius 2 is 1.77 bits per heavy atom. The Hall–Kier alpha value is -4.63. The average molecular weight is 593 g/mol. The van der Waals surface area contributed by atoms with Crippen molar-refractivity contribution in [2.45, 2.75) is 32.0 Å². The monoisotopic (exact) mass is 592 g/mol. The number of aromatic amines is 1. The number of ether oxygens (including phenoxy) is 2. The first kappa shape index (κ1) is 28.2. The van der Waals surface area contributed by atoms with E-state index in [-0.39, 0.29) is 30.1 Å². The lowest BCUT2D eigenvalue weighted by Crippen LogP contribution is -2.40. The molecular formula is C35H36N4O5. The van der Waals surface area contributed by atoms with Crippen LogP contribution in [0.15, 0.2) is 72.9 Å². The number of hydrogen-bond acceptors (Lipinski definition) is 5. The number of hydrogen-bond donors (Lipinski definition) is 2. The van der Waals surface area contributed by atoms with Gasteiger partial charge >= 0.3 is 0 Å². The number of nitrogens with one attached hydrogen (secondary N) is 2. The molecule has 0 spiro atoms. The van der Waals surface area contributed by atoms with E-state index in [1.807, 2.05) is 77.8 Å². The SMILES string of the molecule is O=C1NCCCN(C(=O)Cc2c[nH]c3ccccc23)CCOc2cccc(c2)[C@H]2CN(C(=O)c3cccc4c3COC4)C[C@H]12. The number of para-hydroxylation sites is 1. The molecule has 3 aliphatic rings. The standard InChI is InChI=1S/C35H36N4O5/c40-33(17-25-18-37-32-11-2-1-9-27(25)32)38-13-5-12-36-34(41)30-20-39(35(42)28-10-4-7-24-21-43-22-31(24)28)19-29(30)23-6-3-8-26(16-23)44-15-14-38/h1-4,6-11,16,18,29-30,37H,5,12-15,17,19-22H2,(H,36,41)/t29-,30+/m1/s1. The minimum Gasteiger partial charge on any atom is -0.492 e. The van der Waals surface area contributed by atoms with Gasteiger partial charge in [0.25, 0.3) is 5.91 Å². The number of aromatic nitrogens is 1. The van der Waals surface area contributed by atoms with Crippen molar-refractivity contribution in [1.29, 1.82) is 0 Å². The fraction of sp³-hybridized carbons (Fsp3) is 0.343. The zero-order chi connectivity index (χ0) is 30.0. The van der Waals surface area contributed by atoms with Crippen LogP contribution in [0.3, 0.4) is 0 Å². The van der Waals surface area contributed by atoms with E-state index in [2.05, 4.69) is 10.3 Å². The molecule has 2 N–H and O–H groups in total. The van der Waals surface area contributed by atoms with E-state index in [9.17, 15) is 14.4 Å². The highest BCUT2D eigenvalue weighted by Crippen LogP contribution is 2.36. The summed E-state index contributed by atoms with van der Waals surface area (Å²) in [6.45, 7) is 3.47. The molecule has 0 saturated carbocycles. The molecule has 4 heterocycles. The Kier molecular flexibility index (Phi) is 7.78. The van der Waals surface area contributed by atoms with Gasteiger partial charge in [-0.25, -0.2) is 0 Å². The average Bonchev–Trinajstić information content (AvgIpc) is 3.80. The third kappa shape index (κ3) is 5.55. The van der Waals surface area contributed by atoms with Gasteiger partial charge in [0.1, 0.15) is 12.4 Å². The van der Waals surface area contributed by atoms with E-state index in [0.29, 0.717) is 70.3 Å². The summed E-state index contributed by atoms with van der Waals surface area (Å²) >= 11 is 0. The molecule has 3 amide bonds. The van der Waals surface area contributed by atoms with Gasteiger partial charge in [-0.3, -0.25) is 14.4 Å². The van der Waals surface area contributed by atoms with Crippen molar-refractivity contribution >= 4 is 28.6 Å². The number of H-pyrrole nitrogens is 1. The quantitative estimate of drug-likeness (QED) is 0.374. The van der Waals surface area contributed by atoms with Crippen molar-refractivity contribution < 1.29 is 23.9 Å². The van der Waals surface area contributed by atoms with Crippen LogP contribution in [-0.4, -0.2) is 71.8 Å². The molecule has 2 atom stereocenters. The molecule has 44 heavy (non-hydrogen) atoms. The third-order valence-corrected chi connectivity index (χ3v) is 9.14. The van der Waals surface area contributed by atoms with Gasteiger partial charge in [0, 0.05) is 54.8 Å². The van der Waals surface area contributed by atoms with Crippen molar-refractivity contribution in [3.63, 3.8) is 0 Å². The molecule has 2 bridgehead atoms. The molecule has 0 unspecified atom stereocenters. The number of amides is 3. The Labute approximate surface area is 256 Å². The van der Waals surface area contributed by atoms with Crippen molar-refractivity contribution in [1.82, 2.24) is 20.1 Å². The molecule has 4 aromatic rings. The van der Waals surface area contributed by atoms with E-state index < -0.39 is 5.92 Å². The molecule has 0 aliphatic carbocycles. The van der Waals surface area contributed by atoms with E-state index in [1.165, 1.54) is 0 Å². The number of rotatable bonds is 3. The molecule has 1 saturated heterocycles. The third-order valence-electron chi connectivity index (χ3n) is 9.14. The summed E-state index contributed by atoms with van der Waals surface area (Å²) in [7, 11) is 0. The summed E-state index contributed by atoms with van der Waals surface area (Å²) in [6, 6.07) is 21.5. The second-order valence-electron chi connectivity index (χ2n) is 11.8. The first-order chi connectivity index (χ1) is 21.5. The summed E-state index contributed by atoms with van der Waals surface area (Å²) in [4.78, 5) is 47.7. The number of carbonyl (C=O) groups excluding carboxylic acids is 3. The number of benzene rings is 3. The predicted octanol–water partition coefficient (Wildman–Crippen LogP) is 4.02. The van der Waals surface area contributed by atoms with Gasteiger partial charge in [-0.05, 0) is 52.9 Å². The highest BCUT2D eigenvalue weighted by molar-refractivity contribution is 5.97. The van der Waals surface area contributed by atoms with Crippen molar-refractivity contribution in [2.24, 2.45) is 5.92 Å². The van der Waals surface area contributed by atoms with Gasteiger partial charge in [0.2, 0.25) is 11.8 Å². The maximum atomic E-state index is 13.8. The number of nitrogens with zero attached hydrogens (tertiary/aromatic N) is 2. The van der Waals surface area contributed by atoms with Crippen LogP contribution < -0.4 is 10.1 Å². The lowest BCUT2D eigenvalue weighted by molar-refractivity contribution is -0.130. The Morgan fingerprint density at radius 1 is 0.909 bits per heavy atom.